The molecule has 2 rings (SSSR count). The summed E-state index contributed by atoms with van der Waals surface area (Å²) >= 11 is 6.28. The second-order valence-electron chi connectivity index (χ2n) is 3.53. The third kappa shape index (κ3) is 2.90. The van der Waals surface area contributed by atoms with Gasteiger partial charge in [0, 0.05) is 10.9 Å². The molecule has 0 aliphatic rings. The van der Waals surface area contributed by atoms with Gasteiger partial charge in [-0.3, -0.25) is 0 Å². The first-order chi connectivity index (χ1) is 8.61. The van der Waals surface area contributed by atoms with Crippen LogP contribution in [0.15, 0.2) is 40.9 Å². The Hall–Kier alpha value is -0.940. The van der Waals surface area contributed by atoms with E-state index in [0.29, 0.717) is 26.9 Å². The summed E-state index contributed by atoms with van der Waals surface area (Å²) in [5.74, 6) is 0.134. The van der Waals surface area contributed by atoms with Crippen LogP contribution in [0.25, 0.3) is 0 Å². The summed E-state index contributed by atoms with van der Waals surface area (Å²) in [6.45, 7) is 0. The number of rotatable bonds is 3. The first kappa shape index (κ1) is 13.5. The van der Waals surface area contributed by atoms with Crippen LogP contribution < -0.4 is 4.74 Å². The summed E-state index contributed by atoms with van der Waals surface area (Å²) in [4.78, 5) is 0. The molecule has 18 heavy (non-hydrogen) atoms. The predicted molar refractivity (Wildman–Crippen MR) is 73.2 cm³/mol. The Labute approximate surface area is 120 Å². The van der Waals surface area contributed by atoms with Crippen molar-refractivity contribution in [3.63, 3.8) is 0 Å². The minimum atomic E-state index is -0.373. The highest BCUT2D eigenvalue weighted by atomic mass is 79.9. The van der Waals surface area contributed by atoms with Crippen molar-refractivity contribution in [2.75, 3.05) is 0 Å². The molecule has 0 heterocycles. The number of hydrogen-bond donors (Lipinski definition) is 0. The second-order valence-corrected chi connectivity index (χ2v) is 4.94. The fraction of sp³-hybridized carbons (Fsp3) is 0.0769. The van der Waals surface area contributed by atoms with Crippen LogP contribution in [0, 0.1) is 11.6 Å². The standard InChI is InChI=1S/C13H8Br2F2O/c14-7-9-11(16)2-1-3-13(9)18-8-4-5-12(17)10(15)6-8/h1-6H,7H2. The third-order valence-electron chi connectivity index (χ3n) is 2.33. The highest BCUT2D eigenvalue weighted by Gasteiger charge is 2.10. The van der Waals surface area contributed by atoms with Crippen LogP contribution >= 0.6 is 31.9 Å². The van der Waals surface area contributed by atoms with E-state index in [-0.39, 0.29) is 11.6 Å². The molecule has 0 saturated carbocycles. The monoisotopic (exact) mass is 376 g/mol. The average molecular weight is 378 g/mol. The van der Waals surface area contributed by atoms with E-state index >= 15 is 0 Å². The van der Waals surface area contributed by atoms with Crippen LogP contribution in [-0.2, 0) is 5.33 Å². The largest absolute Gasteiger partial charge is 0.457 e. The first-order valence-corrected chi connectivity index (χ1v) is 6.99. The van der Waals surface area contributed by atoms with E-state index in [0.717, 1.165) is 0 Å². The Morgan fingerprint density at radius 1 is 1.06 bits per heavy atom. The third-order valence-corrected chi connectivity index (χ3v) is 3.50. The molecule has 0 aromatic heterocycles. The lowest BCUT2D eigenvalue weighted by molar-refractivity contribution is 0.468. The number of halogens is 4. The zero-order chi connectivity index (χ0) is 13.1. The smallest absolute Gasteiger partial charge is 0.137 e. The molecule has 5 heteroatoms. The van der Waals surface area contributed by atoms with Crippen molar-refractivity contribution in [1.82, 2.24) is 0 Å². The van der Waals surface area contributed by atoms with E-state index in [1.807, 2.05) is 0 Å². The molecule has 1 nitrogen and oxygen atoms in total. The van der Waals surface area contributed by atoms with Crippen molar-refractivity contribution in [2.45, 2.75) is 5.33 Å². The van der Waals surface area contributed by atoms with Crippen molar-refractivity contribution in [3.8, 4) is 11.5 Å². The van der Waals surface area contributed by atoms with Crippen LogP contribution in [-0.4, -0.2) is 0 Å². The van der Waals surface area contributed by atoms with E-state index in [1.165, 1.54) is 24.3 Å². The van der Waals surface area contributed by atoms with Gasteiger partial charge in [-0.1, -0.05) is 22.0 Å². The lowest BCUT2D eigenvalue weighted by Gasteiger charge is -2.10. The van der Waals surface area contributed by atoms with Crippen LogP contribution in [0.4, 0.5) is 8.78 Å². The molecule has 0 saturated heterocycles. The summed E-state index contributed by atoms with van der Waals surface area (Å²) < 4.78 is 32.4. The highest BCUT2D eigenvalue weighted by molar-refractivity contribution is 9.10. The van der Waals surface area contributed by atoms with Gasteiger partial charge in [-0.2, -0.15) is 0 Å². The summed E-state index contributed by atoms with van der Waals surface area (Å²) in [5.41, 5.74) is 0.429. The molecule has 0 spiro atoms. The number of benzene rings is 2. The molecular weight excluding hydrogens is 370 g/mol. The maximum Gasteiger partial charge on any atom is 0.137 e. The lowest BCUT2D eigenvalue weighted by atomic mass is 10.2. The Bertz CT molecular complexity index is 573. The van der Waals surface area contributed by atoms with Crippen molar-refractivity contribution < 1.29 is 13.5 Å². The van der Waals surface area contributed by atoms with Gasteiger partial charge in [0.15, 0.2) is 0 Å². The van der Waals surface area contributed by atoms with Crippen molar-refractivity contribution >= 4 is 31.9 Å². The maximum absolute atomic E-state index is 13.5. The second kappa shape index (κ2) is 5.80. The Morgan fingerprint density at radius 3 is 2.50 bits per heavy atom. The molecule has 0 aliphatic carbocycles. The van der Waals surface area contributed by atoms with Crippen LogP contribution in [0.3, 0.4) is 0 Å². The zero-order valence-corrected chi connectivity index (χ0v) is 12.3. The van der Waals surface area contributed by atoms with Gasteiger partial charge in [-0.05, 0) is 46.3 Å². The molecule has 0 amide bonds. The van der Waals surface area contributed by atoms with E-state index < -0.39 is 0 Å². The minimum absolute atomic E-state index is 0.303. The lowest BCUT2D eigenvalue weighted by Crippen LogP contribution is -1.93. The summed E-state index contributed by atoms with van der Waals surface area (Å²) in [7, 11) is 0. The summed E-state index contributed by atoms with van der Waals surface area (Å²) in [6, 6.07) is 8.87. The van der Waals surface area contributed by atoms with Crippen molar-refractivity contribution in [2.24, 2.45) is 0 Å². The number of alkyl halides is 1. The van der Waals surface area contributed by atoms with E-state index in [2.05, 4.69) is 31.9 Å². The molecular formula is C13H8Br2F2O. The molecule has 0 aliphatic heterocycles. The molecule has 0 fully saturated rings. The number of hydrogen-bond acceptors (Lipinski definition) is 1. The Morgan fingerprint density at radius 2 is 1.83 bits per heavy atom. The van der Waals surface area contributed by atoms with E-state index in [4.69, 9.17) is 4.74 Å². The molecule has 0 unspecified atom stereocenters. The van der Waals surface area contributed by atoms with Gasteiger partial charge in [0.2, 0.25) is 0 Å². The van der Waals surface area contributed by atoms with Crippen LogP contribution in [0.2, 0.25) is 0 Å². The Balaban J connectivity index is 2.34. The summed E-state index contributed by atoms with van der Waals surface area (Å²) in [5, 5.41) is 0.345. The summed E-state index contributed by atoms with van der Waals surface area (Å²) in [6.07, 6.45) is 0. The maximum atomic E-state index is 13.5. The van der Waals surface area contributed by atoms with Gasteiger partial charge in [-0.15, -0.1) is 0 Å². The SMILES string of the molecule is Fc1ccc(Oc2cccc(F)c2CBr)cc1Br. The van der Waals surface area contributed by atoms with Gasteiger partial charge in [0.25, 0.3) is 0 Å². The first-order valence-electron chi connectivity index (χ1n) is 5.08. The van der Waals surface area contributed by atoms with Gasteiger partial charge in [-0.25, -0.2) is 8.78 Å². The van der Waals surface area contributed by atoms with Crippen molar-refractivity contribution in [1.29, 1.82) is 0 Å². The predicted octanol–water partition coefficient (Wildman–Crippen LogP) is 5.41. The topological polar surface area (TPSA) is 9.23 Å². The number of ether oxygens (including phenoxy) is 1. The van der Waals surface area contributed by atoms with Gasteiger partial charge in [0.1, 0.15) is 23.1 Å². The highest BCUT2D eigenvalue weighted by Crippen LogP contribution is 2.30. The van der Waals surface area contributed by atoms with E-state index in [1.54, 1.807) is 12.1 Å². The zero-order valence-electron chi connectivity index (χ0n) is 9.09. The molecule has 0 N–H and O–H groups in total. The normalized spacial score (nSPS) is 10.4. The van der Waals surface area contributed by atoms with Crippen molar-refractivity contribution in [3.05, 3.63) is 58.1 Å². The molecule has 2 aromatic rings. The molecule has 94 valence electrons. The fourth-order valence-corrected chi connectivity index (χ4v) is 2.33. The minimum Gasteiger partial charge on any atom is -0.457 e. The molecule has 0 bridgehead atoms. The van der Waals surface area contributed by atoms with Gasteiger partial charge < -0.3 is 4.74 Å². The molecule has 0 radical (unpaired) electrons. The van der Waals surface area contributed by atoms with Crippen LogP contribution in [0.5, 0.6) is 11.5 Å². The van der Waals surface area contributed by atoms with Crippen LogP contribution in [0.1, 0.15) is 5.56 Å². The van der Waals surface area contributed by atoms with Gasteiger partial charge >= 0.3 is 0 Å². The quantitative estimate of drug-likeness (QED) is 0.649. The van der Waals surface area contributed by atoms with E-state index in [9.17, 15) is 8.78 Å². The Kier molecular flexibility index (Phi) is 4.35. The fourth-order valence-electron chi connectivity index (χ4n) is 1.43. The van der Waals surface area contributed by atoms with Gasteiger partial charge in [0.05, 0.1) is 4.47 Å². The average Bonchev–Trinajstić information content (AvgIpc) is 2.34. The molecule has 2 aromatic carbocycles. The molecule has 0 atom stereocenters.